The van der Waals surface area contributed by atoms with E-state index < -0.39 is 12.1 Å². The minimum Gasteiger partial charge on any atom is -0.493 e. The van der Waals surface area contributed by atoms with E-state index in [0.717, 1.165) is 40.7 Å². The van der Waals surface area contributed by atoms with Gasteiger partial charge in [0, 0.05) is 11.1 Å². The summed E-state index contributed by atoms with van der Waals surface area (Å²) in [5, 5.41) is 24.8. The summed E-state index contributed by atoms with van der Waals surface area (Å²) >= 11 is 1.23. The number of aliphatic imine (C=N–C) groups is 1. The number of carboxylic acids is 1. The van der Waals surface area contributed by atoms with Crippen LogP contribution in [0.25, 0.3) is 10.8 Å². The first-order valence-electron chi connectivity index (χ1n) is 13.4. The zero-order chi connectivity index (χ0) is 28.6. The quantitative estimate of drug-likeness (QED) is 0.221. The van der Waals surface area contributed by atoms with Crippen LogP contribution in [0.15, 0.2) is 64.5 Å². The molecule has 0 bridgehead atoms. The maximum absolute atomic E-state index is 12.7. The van der Waals surface area contributed by atoms with Crippen molar-refractivity contribution in [2.75, 3.05) is 18.5 Å². The number of nitrogens with zero attached hydrogens (tertiary/aromatic N) is 1. The maximum atomic E-state index is 12.7. The van der Waals surface area contributed by atoms with Gasteiger partial charge in [0.1, 0.15) is 11.5 Å². The van der Waals surface area contributed by atoms with Crippen molar-refractivity contribution in [3.63, 3.8) is 0 Å². The largest absolute Gasteiger partial charge is 0.493 e. The summed E-state index contributed by atoms with van der Waals surface area (Å²) in [6.07, 6.45) is 3.11. The van der Waals surface area contributed by atoms with E-state index in [1.54, 1.807) is 25.1 Å². The van der Waals surface area contributed by atoms with Crippen molar-refractivity contribution in [1.29, 1.82) is 0 Å². The van der Waals surface area contributed by atoms with Crippen molar-refractivity contribution in [2.45, 2.75) is 52.6 Å². The molecule has 0 saturated heterocycles. The fourth-order valence-electron chi connectivity index (χ4n) is 4.38. The van der Waals surface area contributed by atoms with E-state index in [1.165, 1.54) is 11.8 Å². The average molecular weight is 563 g/mol. The molecule has 3 aromatic carbocycles. The van der Waals surface area contributed by atoms with E-state index in [0.29, 0.717) is 46.5 Å². The van der Waals surface area contributed by atoms with Gasteiger partial charge in [-0.25, -0.2) is 0 Å². The highest BCUT2D eigenvalue weighted by atomic mass is 32.2. The first kappa shape index (κ1) is 29.2. The topological polar surface area (TPSA) is 117 Å². The number of rotatable bonds is 12. The van der Waals surface area contributed by atoms with Gasteiger partial charge in [-0.15, -0.1) is 0 Å². The lowest BCUT2D eigenvalue weighted by atomic mass is 10.00. The molecule has 0 fully saturated rings. The van der Waals surface area contributed by atoms with Crippen molar-refractivity contribution in [1.82, 2.24) is 0 Å². The van der Waals surface area contributed by atoms with E-state index in [4.69, 9.17) is 14.6 Å². The second-order valence-electron chi connectivity index (χ2n) is 9.52. The molecule has 3 aromatic rings. The molecule has 0 spiro atoms. The number of benzene rings is 3. The van der Waals surface area contributed by atoms with Crippen LogP contribution in [0.2, 0.25) is 0 Å². The molecule has 4 rings (SSSR count). The third kappa shape index (κ3) is 7.22. The Labute approximate surface area is 238 Å². The Bertz CT molecular complexity index is 1460. The van der Waals surface area contributed by atoms with Crippen LogP contribution in [0.1, 0.15) is 56.4 Å². The molecule has 0 aromatic heterocycles. The number of allylic oxidation sites excluding steroid dienone is 1. The lowest BCUT2D eigenvalue weighted by Crippen LogP contribution is -2.09. The van der Waals surface area contributed by atoms with E-state index >= 15 is 0 Å². The van der Waals surface area contributed by atoms with Crippen molar-refractivity contribution in [3.05, 3.63) is 76.2 Å². The van der Waals surface area contributed by atoms with Crippen LogP contribution in [0, 0.1) is 0 Å². The Kier molecular flexibility index (Phi) is 9.84. The van der Waals surface area contributed by atoms with E-state index in [9.17, 15) is 14.7 Å². The molecule has 0 radical (unpaired) electrons. The smallest absolute Gasteiger partial charge is 0.307 e. The molecule has 1 aliphatic rings. The number of amides is 1. The third-order valence-electron chi connectivity index (χ3n) is 6.26. The van der Waals surface area contributed by atoms with Crippen LogP contribution >= 0.6 is 11.8 Å². The normalized spacial score (nSPS) is 14.8. The van der Waals surface area contributed by atoms with Gasteiger partial charge in [0.2, 0.25) is 0 Å². The van der Waals surface area contributed by atoms with Gasteiger partial charge >= 0.3 is 5.97 Å². The molecule has 3 N–H and O–H groups in total. The van der Waals surface area contributed by atoms with Gasteiger partial charge in [-0.3, -0.25) is 9.59 Å². The molecule has 1 amide bonds. The lowest BCUT2D eigenvalue weighted by molar-refractivity contribution is -0.136. The van der Waals surface area contributed by atoms with Gasteiger partial charge < -0.3 is 25.0 Å². The molecule has 1 unspecified atom stereocenters. The second kappa shape index (κ2) is 13.5. The van der Waals surface area contributed by atoms with Gasteiger partial charge in [-0.2, -0.15) is 4.99 Å². The zero-order valence-corrected chi connectivity index (χ0v) is 23.7. The third-order valence-corrected chi connectivity index (χ3v) is 7.21. The van der Waals surface area contributed by atoms with Crippen molar-refractivity contribution >= 4 is 45.3 Å². The zero-order valence-electron chi connectivity index (χ0n) is 22.9. The highest BCUT2D eigenvalue weighted by Crippen LogP contribution is 2.35. The Morgan fingerprint density at radius 2 is 1.80 bits per heavy atom. The number of carbonyl (C=O) groups is 2. The van der Waals surface area contributed by atoms with Crippen LogP contribution < -0.4 is 14.8 Å². The number of carboxylic acid groups (broad SMARTS) is 1. The van der Waals surface area contributed by atoms with Gasteiger partial charge in [-0.05, 0) is 90.4 Å². The predicted molar refractivity (Wildman–Crippen MR) is 159 cm³/mol. The summed E-state index contributed by atoms with van der Waals surface area (Å²) < 4.78 is 12.0. The molecule has 1 heterocycles. The molecular formula is C31H34N2O6S. The highest BCUT2D eigenvalue weighted by Gasteiger charge is 2.23. The standard InChI is InChI=1S/C31H34N2O6S/c1-4-13-38-26-8-6-7-20-15-22(27(18-25(20)26)39-14-5-2)10-12-28-30(37)33-31(40-28)32-23-11-9-21(16-29(35)36)24(17-23)19(3)34/h6-9,11-12,15,17-19,34H,4-5,10,13-14,16H2,1-3H3,(H,35,36)(H,32,33,37). The highest BCUT2D eigenvalue weighted by molar-refractivity contribution is 8.18. The Morgan fingerprint density at radius 1 is 1.05 bits per heavy atom. The number of thioether (sulfide) groups is 1. The van der Waals surface area contributed by atoms with Crippen LogP contribution in [0.5, 0.6) is 11.5 Å². The van der Waals surface area contributed by atoms with Crippen molar-refractivity contribution in [2.24, 2.45) is 4.99 Å². The molecule has 40 heavy (non-hydrogen) atoms. The van der Waals surface area contributed by atoms with Crippen LogP contribution in [0.4, 0.5) is 5.69 Å². The molecule has 0 aliphatic carbocycles. The number of ether oxygens (including phenoxy) is 2. The Hall–Kier alpha value is -3.82. The number of hydrogen-bond acceptors (Lipinski definition) is 7. The fraction of sp³-hybridized carbons (Fsp3) is 0.323. The maximum Gasteiger partial charge on any atom is 0.307 e. The van der Waals surface area contributed by atoms with Crippen LogP contribution in [-0.2, 0) is 22.4 Å². The van der Waals surface area contributed by atoms with E-state index in [-0.39, 0.29) is 12.3 Å². The average Bonchev–Trinajstić information content (AvgIpc) is 3.27. The molecular weight excluding hydrogens is 528 g/mol. The Morgan fingerprint density at radius 3 is 2.50 bits per heavy atom. The number of nitrogens with one attached hydrogen (secondary N) is 1. The monoisotopic (exact) mass is 562 g/mol. The van der Waals surface area contributed by atoms with E-state index in [1.807, 2.05) is 30.3 Å². The first-order valence-corrected chi connectivity index (χ1v) is 14.2. The van der Waals surface area contributed by atoms with Crippen molar-refractivity contribution in [3.8, 4) is 11.5 Å². The van der Waals surface area contributed by atoms with Gasteiger partial charge in [-0.1, -0.05) is 38.1 Å². The fourth-order valence-corrected chi connectivity index (χ4v) is 5.19. The second-order valence-corrected chi connectivity index (χ2v) is 10.5. The SMILES string of the molecule is CCCOc1cc2c(OCCC)cccc2cc1CC=C1SC(Nc2ccc(CC(=O)O)c(C(C)O)c2)=NC1=O. The minimum absolute atomic E-state index is 0.187. The summed E-state index contributed by atoms with van der Waals surface area (Å²) in [4.78, 5) is 28.5. The number of hydrogen-bond donors (Lipinski definition) is 3. The number of aliphatic carboxylic acids is 1. The summed E-state index contributed by atoms with van der Waals surface area (Å²) in [6.45, 7) is 6.94. The predicted octanol–water partition coefficient (Wildman–Crippen LogP) is 6.27. The number of carbonyl (C=O) groups excluding carboxylic acids is 1. The molecule has 1 atom stereocenters. The van der Waals surface area contributed by atoms with Gasteiger partial charge in [0.15, 0.2) is 5.17 Å². The number of fused-ring (bicyclic) bond motifs is 1. The summed E-state index contributed by atoms with van der Waals surface area (Å²) in [5.74, 6) is 0.281. The van der Waals surface area contributed by atoms with Crippen LogP contribution in [-0.4, -0.2) is 40.5 Å². The number of anilines is 1. The first-order chi connectivity index (χ1) is 19.3. The Balaban J connectivity index is 1.52. The lowest BCUT2D eigenvalue weighted by Gasteiger charge is -2.14. The molecule has 9 heteroatoms. The number of aliphatic hydroxyl groups is 1. The van der Waals surface area contributed by atoms with Crippen LogP contribution in [0.3, 0.4) is 0 Å². The van der Waals surface area contributed by atoms with Gasteiger partial charge in [0.25, 0.3) is 5.91 Å². The molecule has 8 nitrogen and oxygen atoms in total. The summed E-state index contributed by atoms with van der Waals surface area (Å²) in [7, 11) is 0. The number of amidine groups is 1. The van der Waals surface area contributed by atoms with Crippen molar-refractivity contribution < 1.29 is 29.3 Å². The number of aliphatic hydroxyl groups excluding tert-OH is 1. The molecule has 0 saturated carbocycles. The van der Waals surface area contributed by atoms with Gasteiger partial charge in [0.05, 0.1) is 30.6 Å². The summed E-state index contributed by atoms with van der Waals surface area (Å²) in [5.41, 5.74) is 2.62. The molecule has 1 aliphatic heterocycles. The summed E-state index contributed by atoms with van der Waals surface area (Å²) in [6, 6.07) is 15.1. The minimum atomic E-state index is -0.973. The van der Waals surface area contributed by atoms with E-state index in [2.05, 4.69) is 30.2 Å². The molecule has 210 valence electrons.